The van der Waals surface area contributed by atoms with Crippen LogP contribution in [0.3, 0.4) is 0 Å². The Kier molecular flexibility index (Phi) is 4.76. The van der Waals surface area contributed by atoms with Gasteiger partial charge in [0.05, 0.1) is 18.0 Å². The van der Waals surface area contributed by atoms with Crippen LogP contribution in [0.4, 0.5) is 5.82 Å². The monoisotopic (exact) mass is 325 g/mol. The molecule has 0 aliphatic carbocycles. The quantitative estimate of drug-likeness (QED) is 0.919. The molecule has 0 unspecified atom stereocenters. The number of hydrogen-bond acceptors (Lipinski definition) is 6. The Hall–Kier alpha value is -2.46. The Morgan fingerprint density at radius 2 is 2.25 bits per heavy atom. The lowest BCUT2D eigenvalue weighted by molar-refractivity contribution is 0.387. The summed E-state index contributed by atoms with van der Waals surface area (Å²) in [7, 11) is 1.86. The molecule has 24 heavy (non-hydrogen) atoms. The maximum absolute atomic E-state index is 9.44. The van der Waals surface area contributed by atoms with Gasteiger partial charge in [-0.1, -0.05) is 13.8 Å². The van der Waals surface area contributed by atoms with E-state index in [1.165, 1.54) is 0 Å². The van der Waals surface area contributed by atoms with Crippen LogP contribution in [0.2, 0.25) is 0 Å². The molecule has 0 saturated carbocycles. The summed E-state index contributed by atoms with van der Waals surface area (Å²) in [5.74, 6) is 1.96. The summed E-state index contributed by atoms with van der Waals surface area (Å²) in [5, 5.41) is 17.2. The average Bonchev–Trinajstić information content (AvgIpc) is 3.00. The fraction of sp³-hybridized carbons (Fsp3) is 0.529. The van der Waals surface area contributed by atoms with Gasteiger partial charge in [-0.2, -0.15) is 10.4 Å². The molecule has 1 saturated heterocycles. The minimum absolute atomic E-state index is 0.419. The molecule has 0 radical (unpaired) electrons. The van der Waals surface area contributed by atoms with Crippen LogP contribution < -0.4 is 10.2 Å². The van der Waals surface area contributed by atoms with Crippen molar-refractivity contribution < 1.29 is 0 Å². The number of aryl methyl sites for hydroxylation is 1. The molecule has 3 heterocycles. The number of rotatable bonds is 4. The molecule has 1 atom stereocenters. The molecule has 7 nitrogen and oxygen atoms in total. The second-order valence-electron chi connectivity index (χ2n) is 6.67. The summed E-state index contributed by atoms with van der Waals surface area (Å²) in [6.45, 7) is 7.05. The number of nitrogens with one attached hydrogen (secondary N) is 1. The van der Waals surface area contributed by atoms with Gasteiger partial charge in [0.15, 0.2) is 11.6 Å². The maximum atomic E-state index is 9.44. The van der Waals surface area contributed by atoms with Crippen LogP contribution in [0.15, 0.2) is 18.6 Å². The van der Waals surface area contributed by atoms with E-state index in [9.17, 15) is 5.26 Å². The lowest BCUT2D eigenvalue weighted by Gasteiger charge is -2.35. The minimum Gasteiger partial charge on any atom is -0.353 e. The van der Waals surface area contributed by atoms with Gasteiger partial charge in [-0.15, -0.1) is 0 Å². The van der Waals surface area contributed by atoms with Gasteiger partial charge >= 0.3 is 0 Å². The molecule has 2 aromatic rings. The molecule has 1 fully saturated rings. The molecule has 1 N–H and O–H groups in total. The van der Waals surface area contributed by atoms with Crippen LogP contribution in [0.25, 0.3) is 11.4 Å². The highest BCUT2D eigenvalue weighted by molar-refractivity contribution is 5.60. The fourth-order valence-electron chi connectivity index (χ4n) is 3.11. The first-order chi connectivity index (χ1) is 11.6. The number of aromatic nitrogens is 4. The van der Waals surface area contributed by atoms with Crippen LogP contribution >= 0.6 is 0 Å². The number of piperazine rings is 1. The van der Waals surface area contributed by atoms with Crippen molar-refractivity contribution in [3.63, 3.8) is 0 Å². The van der Waals surface area contributed by atoms with Gasteiger partial charge in [0.25, 0.3) is 0 Å². The lowest BCUT2D eigenvalue weighted by Crippen LogP contribution is -2.51. The lowest BCUT2D eigenvalue weighted by atomic mass is 10.0. The largest absolute Gasteiger partial charge is 0.353 e. The molecule has 1 aliphatic rings. The second-order valence-corrected chi connectivity index (χ2v) is 6.67. The number of nitriles is 1. The van der Waals surface area contributed by atoms with Crippen molar-refractivity contribution in [2.75, 3.05) is 24.5 Å². The first kappa shape index (κ1) is 16.4. The van der Waals surface area contributed by atoms with Crippen LogP contribution in [-0.2, 0) is 7.05 Å². The molecule has 0 amide bonds. The highest BCUT2D eigenvalue weighted by Crippen LogP contribution is 2.23. The van der Waals surface area contributed by atoms with Crippen molar-refractivity contribution in [3.8, 4) is 17.5 Å². The normalized spacial score (nSPS) is 18.0. The van der Waals surface area contributed by atoms with Crippen LogP contribution in [0.5, 0.6) is 0 Å². The van der Waals surface area contributed by atoms with E-state index in [2.05, 4.69) is 45.2 Å². The van der Waals surface area contributed by atoms with Gasteiger partial charge in [0.2, 0.25) is 0 Å². The Morgan fingerprint density at radius 1 is 1.42 bits per heavy atom. The van der Waals surface area contributed by atoms with Gasteiger partial charge in [-0.05, 0) is 12.3 Å². The molecule has 2 aromatic heterocycles. The van der Waals surface area contributed by atoms with E-state index in [4.69, 9.17) is 0 Å². The highest BCUT2D eigenvalue weighted by Gasteiger charge is 2.24. The van der Waals surface area contributed by atoms with Crippen molar-refractivity contribution in [1.29, 1.82) is 5.26 Å². The molecule has 7 heteroatoms. The third-order valence-electron chi connectivity index (χ3n) is 4.16. The highest BCUT2D eigenvalue weighted by atomic mass is 15.3. The smallest absolute Gasteiger partial charge is 0.164 e. The summed E-state index contributed by atoms with van der Waals surface area (Å²) in [5.41, 5.74) is 1.38. The first-order valence-corrected chi connectivity index (χ1v) is 8.31. The third kappa shape index (κ3) is 3.54. The SMILES string of the molecule is CC(C)C[C@@H]1CN(c2nc(-c3cnn(C)c3)ncc2C#N)CCN1. The number of anilines is 1. The summed E-state index contributed by atoms with van der Waals surface area (Å²) in [6.07, 6.45) is 6.35. The van der Waals surface area contributed by atoms with Crippen molar-refractivity contribution in [2.45, 2.75) is 26.3 Å². The van der Waals surface area contributed by atoms with Gasteiger partial charge in [-0.25, -0.2) is 9.97 Å². The zero-order valence-corrected chi connectivity index (χ0v) is 14.4. The topological polar surface area (TPSA) is 82.7 Å². The van der Waals surface area contributed by atoms with E-state index in [-0.39, 0.29) is 0 Å². The third-order valence-corrected chi connectivity index (χ3v) is 4.16. The zero-order valence-electron chi connectivity index (χ0n) is 14.4. The Labute approximate surface area is 142 Å². The van der Waals surface area contributed by atoms with Crippen molar-refractivity contribution in [3.05, 3.63) is 24.2 Å². The Morgan fingerprint density at radius 3 is 2.92 bits per heavy atom. The van der Waals surface area contributed by atoms with Crippen LogP contribution in [0.1, 0.15) is 25.8 Å². The Bertz CT molecular complexity index is 744. The van der Waals surface area contributed by atoms with E-state index < -0.39 is 0 Å². The summed E-state index contributed by atoms with van der Waals surface area (Å²) in [4.78, 5) is 11.2. The summed E-state index contributed by atoms with van der Waals surface area (Å²) >= 11 is 0. The first-order valence-electron chi connectivity index (χ1n) is 8.31. The van der Waals surface area contributed by atoms with Crippen molar-refractivity contribution in [2.24, 2.45) is 13.0 Å². The van der Waals surface area contributed by atoms with Crippen LogP contribution in [-0.4, -0.2) is 45.4 Å². The predicted molar refractivity (Wildman–Crippen MR) is 92.4 cm³/mol. The van der Waals surface area contributed by atoms with Crippen molar-refractivity contribution in [1.82, 2.24) is 25.1 Å². The van der Waals surface area contributed by atoms with E-state index >= 15 is 0 Å². The molecule has 3 rings (SSSR count). The molecule has 0 aromatic carbocycles. The Balaban J connectivity index is 1.89. The maximum Gasteiger partial charge on any atom is 0.164 e. The average molecular weight is 325 g/mol. The van der Waals surface area contributed by atoms with Gasteiger partial charge in [0.1, 0.15) is 11.6 Å². The van der Waals surface area contributed by atoms with Gasteiger partial charge in [0, 0.05) is 38.9 Å². The summed E-state index contributed by atoms with van der Waals surface area (Å²) in [6, 6.07) is 2.64. The van der Waals surface area contributed by atoms with Crippen LogP contribution in [0, 0.1) is 17.2 Å². The molecule has 126 valence electrons. The minimum atomic E-state index is 0.419. The van der Waals surface area contributed by atoms with E-state index in [0.717, 1.165) is 37.4 Å². The van der Waals surface area contributed by atoms with E-state index in [1.54, 1.807) is 17.1 Å². The number of hydrogen-bond donors (Lipinski definition) is 1. The summed E-state index contributed by atoms with van der Waals surface area (Å²) < 4.78 is 1.72. The predicted octanol–water partition coefficient (Wildman–Crippen LogP) is 1.57. The van der Waals surface area contributed by atoms with E-state index in [1.807, 2.05) is 13.2 Å². The fourth-order valence-corrected chi connectivity index (χ4v) is 3.11. The molecule has 1 aliphatic heterocycles. The molecular weight excluding hydrogens is 302 g/mol. The number of nitrogens with zero attached hydrogens (tertiary/aromatic N) is 6. The molecular formula is C17H23N7. The van der Waals surface area contributed by atoms with Gasteiger partial charge < -0.3 is 10.2 Å². The van der Waals surface area contributed by atoms with Crippen molar-refractivity contribution >= 4 is 5.82 Å². The standard InChI is InChI=1S/C17H23N7/c1-12(2)6-15-11-24(5-4-19-15)17-13(7-18)8-20-16(22-17)14-9-21-23(3)10-14/h8-10,12,15,19H,4-6,11H2,1-3H3/t15-/m1/s1. The second kappa shape index (κ2) is 6.97. The molecule has 0 bridgehead atoms. The zero-order chi connectivity index (χ0) is 17.1. The molecule has 0 spiro atoms. The van der Waals surface area contributed by atoms with Gasteiger partial charge in [-0.3, -0.25) is 4.68 Å². The van der Waals surface area contributed by atoms with E-state index in [0.29, 0.717) is 23.3 Å².